The highest BCUT2D eigenvalue weighted by molar-refractivity contribution is 6.31. The van der Waals surface area contributed by atoms with Gasteiger partial charge in [0.25, 0.3) is 0 Å². The molecule has 2 N–H and O–H groups in total. The Morgan fingerprint density at radius 1 is 1.43 bits per heavy atom. The molecule has 0 saturated heterocycles. The molecular formula is C11H15ClFN. The van der Waals surface area contributed by atoms with Crippen LogP contribution in [-0.4, -0.2) is 6.54 Å². The van der Waals surface area contributed by atoms with Crippen LogP contribution < -0.4 is 5.73 Å². The first-order valence-electron chi connectivity index (χ1n) is 4.72. The van der Waals surface area contributed by atoms with Crippen molar-refractivity contribution in [1.82, 2.24) is 0 Å². The van der Waals surface area contributed by atoms with Crippen LogP contribution in [0.3, 0.4) is 0 Å². The molecule has 0 heterocycles. The fourth-order valence-electron chi connectivity index (χ4n) is 1.48. The van der Waals surface area contributed by atoms with Gasteiger partial charge in [-0.05, 0) is 56.0 Å². The summed E-state index contributed by atoms with van der Waals surface area (Å²) in [5, 5.41) is 0.635. The van der Waals surface area contributed by atoms with Crippen LogP contribution in [0.2, 0.25) is 5.02 Å². The summed E-state index contributed by atoms with van der Waals surface area (Å²) in [6.45, 7) is 4.15. The molecule has 0 amide bonds. The lowest BCUT2D eigenvalue weighted by molar-refractivity contribution is 0.594. The van der Waals surface area contributed by atoms with E-state index in [2.05, 4.69) is 0 Å². The summed E-state index contributed by atoms with van der Waals surface area (Å²) >= 11 is 5.97. The molecule has 1 aromatic carbocycles. The lowest BCUT2D eigenvalue weighted by Crippen LogP contribution is -2.04. The Balaban J connectivity index is 3.11. The van der Waals surface area contributed by atoms with Gasteiger partial charge in [-0.1, -0.05) is 11.6 Å². The van der Waals surface area contributed by atoms with Gasteiger partial charge in [-0.2, -0.15) is 0 Å². The molecule has 0 atom stereocenters. The van der Waals surface area contributed by atoms with Crippen LogP contribution >= 0.6 is 11.6 Å². The molecule has 0 saturated carbocycles. The molecule has 78 valence electrons. The van der Waals surface area contributed by atoms with Crippen LogP contribution in [0.15, 0.2) is 6.07 Å². The zero-order valence-corrected chi connectivity index (χ0v) is 9.29. The van der Waals surface area contributed by atoms with Gasteiger partial charge in [0.1, 0.15) is 5.82 Å². The number of hydrogen-bond donors (Lipinski definition) is 1. The van der Waals surface area contributed by atoms with E-state index in [0.29, 0.717) is 29.1 Å². The third kappa shape index (κ3) is 2.25. The van der Waals surface area contributed by atoms with Gasteiger partial charge in [-0.15, -0.1) is 0 Å². The molecule has 0 unspecified atom stereocenters. The maximum absolute atomic E-state index is 13.7. The highest BCUT2D eigenvalue weighted by Crippen LogP contribution is 2.25. The summed E-state index contributed by atoms with van der Waals surface area (Å²) in [5.41, 5.74) is 7.55. The van der Waals surface area contributed by atoms with Crippen molar-refractivity contribution in [1.29, 1.82) is 0 Å². The number of rotatable bonds is 3. The van der Waals surface area contributed by atoms with E-state index < -0.39 is 0 Å². The second kappa shape index (κ2) is 4.76. The molecule has 0 aliphatic carbocycles. The van der Waals surface area contributed by atoms with Gasteiger partial charge >= 0.3 is 0 Å². The molecule has 0 bridgehead atoms. The zero-order chi connectivity index (χ0) is 10.7. The van der Waals surface area contributed by atoms with Gasteiger partial charge in [-0.3, -0.25) is 0 Å². The molecule has 0 radical (unpaired) electrons. The smallest absolute Gasteiger partial charge is 0.129 e. The van der Waals surface area contributed by atoms with Crippen molar-refractivity contribution in [2.45, 2.75) is 26.7 Å². The monoisotopic (exact) mass is 215 g/mol. The fourth-order valence-corrected chi connectivity index (χ4v) is 1.76. The van der Waals surface area contributed by atoms with E-state index >= 15 is 0 Å². The van der Waals surface area contributed by atoms with Crippen molar-refractivity contribution in [3.05, 3.63) is 33.6 Å². The molecule has 0 aliphatic heterocycles. The van der Waals surface area contributed by atoms with Crippen LogP contribution in [-0.2, 0) is 6.42 Å². The predicted octanol–water partition coefficient (Wildman–Crippen LogP) is 2.99. The molecule has 0 spiro atoms. The summed E-state index contributed by atoms with van der Waals surface area (Å²) in [5.74, 6) is -0.139. The largest absolute Gasteiger partial charge is 0.330 e. The van der Waals surface area contributed by atoms with Crippen LogP contribution in [0.1, 0.15) is 23.1 Å². The van der Waals surface area contributed by atoms with Crippen LogP contribution in [0.4, 0.5) is 4.39 Å². The SMILES string of the molecule is Cc1cc(Cl)c(C)c(CCCN)c1F. The van der Waals surface area contributed by atoms with Gasteiger partial charge in [0.15, 0.2) is 0 Å². The Morgan fingerprint density at radius 3 is 2.64 bits per heavy atom. The normalized spacial score (nSPS) is 10.6. The molecule has 3 heteroatoms. The van der Waals surface area contributed by atoms with Crippen LogP contribution in [0.25, 0.3) is 0 Å². The Kier molecular flexibility index (Phi) is 3.90. The first-order valence-corrected chi connectivity index (χ1v) is 5.10. The van der Waals surface area contributed by atoms with E-state index in [1.807, 2.05) is 6.92 Å². The van der Waals surface area contributed by atoms with Crippen molar-refractivity contribution >= 4 is 11.6 Å². The number of nitrogens with two attached hydrogens (primary N) is 1. The summed E-state index contributed by atoms with van der Waals surface area (Å²) in [6, 6.07) is 1.66. The highest BCUT2D eigenvalue weighted by Gasteiger charge is 2.11. The van der Waals surface area contributed by atoms with E-state index in [1.165, 1.54) is 0 Å². The summed E-state index contributed by atoms with van der Waals surface area (Å²) in [7, 11) is 0. The molecule has 14 heavy (non-hydrogen) atoms. The number of halogens is 2. The van der Waals surface area contributed by atoms with Gasteiger partial charge in [0.05, 0.1) is 0 Å². The summed E-state index contributed by atoms with van der Waals surface area (Å²) < 4.78 is 13.7. The standard InChI is InChI=1S/C11H15ClFN/c1-7-6-10(12)8(2)9(11(7)13)4-3-5-14/h6H,3-5,14H2,1-2H3. The van der Waals surface area contributed by atoms with Crippen molar-refractivity contribution < 1.29 is 4.39 Å². The lowest BCUT2D eigenvalue weighted by atomic mass is 10.0. The van der Waals surface area contributed by atoms with Crippen molar-refractivity contribution in [2.24, 2.45) is 5.73 Å². The quantitative estimate of drug-likeness (QED) is 0.824. The van der Waals surface area contributed by atoms with Crippen molar-refractivity contribution in [2.75, 3.05) is 6.54 Å². The molecule has 1 rings (SSSR count). The second-order valence-electron chi connectivity index (χ2n) is 3.49. The molecule has 0 aliphatic rings. The second-order valence-corrected chi connectivity index (χ2v) is 3.89. The Labute approximate surface area is 89.1 Å². The average molecular weight is 216 g/mol. The maximum atomic E-state index is 13.7. The zero-order valence-electron chi connectivity index (χ0n) is 8.53. The summed E-state index contributed by atoms with van der Waals surface area (Å²) in [6.07, 6.45) is 1.45. The van der Waals surface area contributed by atoms with Gasteiger partial charge in [-0.25, -0.2) is 4.39 Å². The minimum atomic E-state index is -0.139. The Bertz CT molecular complexity index is 310. The third-order valence-corrected chi connectivity index (χ3v) is 2.79. The molecule has 0 aromatic heterocycles. The topological polar surface area (TPSA) is 26.0 Å². The lowest BCUT2D eigenvalue weighted by Gasteiger charge is -2.10. The molecule has 1 nitrogen and oxygen atoms in total. The molecule has 1 aromatic rings. The number of aryl methyl sites for hydroxylation is 1. The van der Waals surface area contributed by atoms with Gasteiger partial charge in [0, 0.05) is 5.02 Å². The van der Waals surface area contributed by atoms with E-state index in [4.69, 9.17) is 17.3 Å². The third-order valence-electron chi connectivity index (χ3n) is 2.40. The van der Waals surface area contributed by atoms with E-state index in [1.54, 1.807) is 13.0 Å². The van der Waals surface area contributed by atoms with E-state index in [0.717, 1.165) is 12.0 Å². The highest BCUT2D eigenvalue weighted by atomic mass is 35.5. The summed E-state index contributed by atoms with van der Waals surface area (Å²) in [4.78, 5) is 0. The van der Waals surface area contributed by atoms with E-state index in [9.17, 15) is 4.39 Å². The maximum Gasteiger partial charge on any atom is 0.129 e. The minimum Gasteiger partial charge on any atom is -0.330 e. The fraction of sp³-hybridized carbons (Fsp3) is 0.455. The number of hydrogen-bond acceptors (Lipinski definition) is 1. The van der Waals surface area contributed by atoms with E-state index in [-0.39, 0.29) is 5.82 Å². The molecular weight excluding hydrogens is 201 g/mol. The van der Waals surface area contributed by atoms with Crippen LogP contribution in [0.5, 0.6) is 0 Å². The van der Waals surface area contributed by atoms with Gasteiger partial charge < -0.3 is 5.73 Å². The predicted molar refractivity (Wildman–Crippen MR) is 58.3 cm³/mol. The minimum absolute atomic E-state index is 0.139. The Morgan fingerprint density at radius 2 is 2.07 bits per heavy atom. The first-order chi connectivity index (χ1) is 6.57. The number of benzene rings is 1. The van der Waals surface area contributed by atoms with Crippen molar-refractivity contribution in [3.63, 3.8) is 0 Å². The first kappa shape index (κ1) is 11.5. The van der Waals surface area contributed by atoms with Crippen LogP contribution in [0, 0.1) is 19.7 Å². The molecule has 0 fully saturated rings. The Hall–Kier alpha value is -0.600. The average Bonchev–Trinajstić information content (AvgIpc) is 2.15. The van der Waals surface area contributed by atoms with Crippen molar-refractivity contribution in [3.8, 4) is 0 Å². The van der Waals surface area contributed by atoms with Gasteiger partial charge in [0.2, 0.25) is 0 Å².